The van der Waals surface area contributed by atoms with Gasteiger partial charge < -0.3 is 5.43 Å². The Hall–Kier alpha value is -0.870. The molecule has 0 aliphatic rings. The number of hydrazine groups is 1. The zero-order valence-corrected chi connectivity index (χ0v) is 7.90. The molecule has 0 fully saturated rings. The molecule has 0 unspecified atom stereocenters. The zero-order chi connectivity index (χ0) is 8.81. The largest absolute Gasteiger partial charge is 0.312 e. The topological polar surface area (TPSA) is 50.4 Å². The number of nitrogens with two attached hydrogens (primary N) is 1. The Morgan fingerprint density at radius 2 is 2.58 bits per heavy atom. The molecule has 0 aliphatic carbocycles. The molecule has 0 atom stereocenters. The van der Waals surface area contributed by atoms with E-state index in [1.165, 1.54) is 5.56 Å². The molecule has 0 spiro atoms. The molecule has 1 aromatic heterocycles. The molecule has 0 radical (unpaired) electrons. The molecule has 66 valence electrons. The van der Waals surface area contributed by atoms with E-state index in [0.29, 0.717) is 0 Å². The highest BCUT2D eigenvalue weighted by Gasteiger charge is 1.98. The van der Waals surface area contributed by atoms with E-state index in [-0.39, 0.29) is 0 Å². The van der Waals surface area contributed by atoms with E-state index in [9.17, 15) is 0 Å². The van der Waals surface area contributed by atoms with Gasteiger partial charge in [-0.1, -0.05) is 0 Å². The van der Waals surface area contributed by atoms with Crippen LogP contribution in [0.5, 0.6) is 0 Å². The van der Waals surface area contributed by atoms with Gasteiger partial charge in [-0.05, 0) is 29.3 Å². The number of rotatable bonds is 3. The summed E-state index contributed by atoms with van der Waals surface area (Å²) >= 11 is 1.69. The molecule has 1 aromatic rings. The third-order valence-electron chi connectivity index (χ3n) is 1.47. The van der Waals surface area contributed by atoms with Crippen molar-refractivity contribution < 1.29 is 0 Å². The predicted molar refractivity (Wildman–Crippen MR) is 53.3 cm³/mol. The van der Waals surface area contributed by atoms with Gasteiger partial charge in [-0.2, -0.15) is 11.3 Å². The summed E-state index contributed by atoms with van der Waals surface area (Å²) in [4.78, 5) is 4.20. The summed E-state index contributed by atoms with van der Waals surface area (Å²) < 4.78 is 0. The summed E-state index contributed by atoms with van der Waals surface area (Å²) in [6, 6.07) is 2.08. The number of nitrogens with one attached hydrogen (secondary N) is 1. The second-order valence-electron chi connectivity index (χ2n) is 2.37. The molecular formula is C8H13N3S. The Balaban J connectivity index is 2.54. The van der Waals surface area contributed by atoms with Crippen LogP contribution in [-0.4, -0.2) is 12.4 Å². The van der Waals surface area contributed by atoms with Crippen molar-refractivity contribution in [1.82, 2.24) is 5.43 Å². The van der Waals surface area contributed by atoms with Gasteiger partial charge in [0.15, 0.2) is 0 Å². The molecule has 1 rings (SSSR count). The van der Waals surface area contributed by atoms with Crippen molar-refractivity contribution in [3.63, 3.8) is 0 Å². The average Bonchev–Trinajstić information content (AvgIpc) is 2.56. The van der Waals surface area contributed by atoms with Gasteiger partial charge in [0, 0.05) is 13.0 Å². The molecule has 0 saturated heterocycles. The molecular weight excluding hydrogens is 170 g/mol. The molecule has 0 bridgehead atoms. The van der Waals surface area contributed by atoms with Crippen LogP contribution in [0.25, 0.3) is 0 Å². The van der Waals surface area contributed by atoms with E-state index in [1.54, 1.807) is 11.3 Å². The Morgan fingerprint density at radius 3 is 3.08 bits per heavy atom. The standard InChI is InChI=1S/C8H13N3S/c1-2-10-8(11-9)5-7-3-4-12-6-7/h3-4,6H,2,5,9H2,1H3,(H,10,11). The molecule has 0 aliphatic heterocycles. The normalized spacial score (nSPS) is 11.7. The van der Waals surface area contributed by atoms with E-state index in [0.717, 1.165) is 18.8 Å². The minimum absolute atomic E-state index is 0.768. The van der Waals surface area contributed by atoms with Crippen LogP contribution < -0.4 is 11.3 Å². The minimum atomic E-state index is 0.768. The number of nitrogens with zero attached hydrogens (tertiary/aromatic N) is 1. The summed E-state index contributed by atoms with van der Waals surface area (Å²) in [6.07, 6.45) is 0.799. The van der Waals surface area contributed by atoms with Crippen LogP contribution in [0.15, 0.2) is 21.8 Å². The lowest BCUT2D eigenvalue weighted by molar-refractivity contribution is 0.959. The number of aliphatic imine (C=N–C) groups is 1. The van der Waals surface area contributed by atoms with E-state index < -0.39 is 0 Å². The van der Waals surface area contributed by atoms with Crippen molar-refractivity contribution in [2.45, 2.75) is 13.3 Å². The van der Waals surface area contributed by atoms with Gasteiger partial charge in [0.25, 0.3) is 0 Å². The lowest BCUT2D eigenvalue weighted by Crippen LogP contribution is -2.31. The highest BCUT2D eigenvalue weighted by Crippen LogP contribution is 2.06. The lowest BCUT2D eigenvalue weighted by atomic mass is 10.2. The SMILES string of the molecule is CCN=C(Cc1ccsc1)NN. The quantitative estimate of drug-likeness (QED) is 0.320. The minimum Gasteiger partial charge on any atom is -0.312 e. The van der Waals surface area contributed by atoms with Gasteiger partial charge in [-0.15, -0.1) is 0 Å². The summed E-state index contributed by atoms with van der Waals surface area (Å²) in [6.45, 7) is 2.76. The molecule has 0 aromatic carbocycles. The molecule has 1 heterocycles. The van der Waals surface area contributed by atoms with Gasteiger partial charge in [-0.3, -0.25) is 4.99 Å². The second kappa shape index (κ2) is 4.90. The Bertz CT molecular complexity index is 241. The van der Waals surface area contributed by atoms with Crippen molar-refractivity contribution >= 4 is 17.2 Å². The van der Waals surface area contributed by atoms with Crippen molar-refractivity contribution in [1.29, 1.82) is 0 Å². The zero-order valence-electron chi connectivity index (χ0n) is 7.08. The van der Waals surface area contributed by atoms with Crippen LogP contribution in [0.4, 0.5) is 0 Å². The molecule has 3 N–H and O–H groups in total. The summed E-state index contributed by atoms with van der Waals surface area (Å²) in [5.41, 5.74) is 3.85. The Morgan fingerprint density at radius 1 is 1.75 bits per heavy atom. The maximum Gasteiger partial charge on any atom is 0.115 e. The first-order valence-corrected chi connectivity index (χ1v) is 4.82. The first kappa shape index (κ1) is 9.22. The van der Waals surface area contributed by atoms with Crippen molar-refractivity contribution in [2.75, 3.05) is 6.54 Å². The average molecular weight is 183 g/mol. The van der Waals surface area contributed by atoms with Gasteiger partial charge in [-0.25, -0.2) is 5.84 Å². The van der Waals surface area contributed by atoms with Gasteiger partial charge in [0.05, 0.1) is 0 Å². The first-order chi connectivity index (χ1) is 5.86. The van der Waals surface area contributed by atoms with E-state index in [1.807, 2.05) is 6.92 Å². The van der Waals surface area contributed by atoms with Crippen molar-refractivity contribution in [2.24, 2.45) is 10.8 Å². The number of hydrogen-bond acceptors (Lipinski definition) is 3. The van der Waals surface area contributed by atoms with E-state index in [4.69, 9.17) is 5.84 Å². The van der Waals surface area contributed by atoms with Crippen LogP contribution in [0.1, 0.15) is 12.5 Å². The number of hydrogen-bond donors (Lipinski definition) is 2. The second-order valence-corrected chi connectivity index (χ2v) is 3.15. The number of amidine groups is 1. The highest BCUT2D eigenvalue weighted by molar-refractivity contribution is 7.07. The fraction of sp³-hybridized carbons (Fsp3) is 0.375. The maximum atomic E-state index is 5.30. The first-order valence-electron chi connectivity index (χ1n) is 3.87. The monoisotopic (exact) mass is 183 g/mol. The van der Waals surface area contributed by atoms with Crippen LogP contribution in [0.2, 0.25) is 0 Å². The van der Waals surface area contributed by atoms with Gasteiger partial charge >= 0.3 is 0 Å². The number of thiophene rings is 1. The third kappa shape index (κ3) is 2.64. The predicted octanol–water partition coefficient (Wildman–Crippen LogP) is 1.17. The summed E-state index contributed by atoms with van der Waals surface area (Å²) in [7, 11) is 0. The fourth-order valence-corrected chi connectivity index (χ4v) is 1.60. The van der Waals surface area contributed by atoms with Crippen LogP contribution >= 0.6 is 11.3 Å². The summed E-state index contributed by atoms with van der Waals surface area (Å²) in [5.74, 6) is 6.14. The van der Waals surface area contributed by atoms with Gasteiger partial charge in [0.2, 0.25) is 0 Å². The molecule has 0 saturated carbocycles. The van der Waals surface area contributed by atoms with E-state index in [2.05, 4.69) is 27.2 Å². The Labute approximate surface area is 76.3 Å². The third-order valence-corrected chi connectivity index (χ3v) is 2.20. The highest BCUT2D eigenvalue weighted by atomic mass is 32.1. The van der Waals surface area contributed by atoms with Crippen molar-refractivity contribution in [3.05, 3.63) is 22.4 Å². The van der Waals surface area contributed by atoms with E-state index >= 15 is 0 Å². The molecule has 3 nitrogen and oxygen atoms in total. The van der Waals surface area contributed by atoms with Crippen molar-refractivity contribution in [3.8, 4) is 0 Å². The van der Waals surface area contributed by atoms with Crippen LogP contribution in [0.3, 0.4) is 0 Å². The molecule has 12 heavy (non-hydrogen) atoms. The van der Waals surface area contributed by atoms with Crippen LogP contribution in [0, 0.1) is 0 Å². The van der Waals surface area contributed by atoms with Crippen LogP contribution in [-0.2, 0) is 6.42 Å². The maximum absolute atomic E-state index is 5.30. The smallest absolute Gasteiger partial charge is 0.115 e. The molecule has 4 heteroatoms. The lowest BCUT2D eigenvalue weighted by Gasteiger charge is -2.02. The fourth-order valence-electron chi connectivity index (χ4n) is 0.930. The van der Waals surface area contributed by atoms with Gasteiger partial charge in [0.1, 0.15) is 5.84 Å². The molecule has 0 amide bonds. The Kier molecular flexibility index (Phi) is 3.76. The summed E-state index contributed by atoms with van der Waals surface area (Å²) in [5, 5.41) is 4.15.